The molecule has 0 saturated carbocycles. The van der Waals surface area contributed by atoms with E-state index in [4.69, 9.17) is 14.2 Å². The second-order valence-electron chi connectivity index (χ2n) is 19.9. The first-order valence-electron chi connectivity index (χ1n) is 30.4. The van der Waals surface area contributed by atoms with Gasteiger partial charge in [0, 0.05) is 19.3 Å². The van der Waals surface area contributed by atoms with Crippen LogP contribution >= 0.6 is 0 Å². The minimum absolute atomic E-state index is 0.115. The third-order valence-electron chi connectivity index (χ3n) is 12.8. The summed E-state index contributed by atoms with van der Waals surface area (Å²) in [6.45, 7) is 6.44. The highest BCUT2D eigenvalue weighted by Gasteiger charge is 2.19. The molecule has 0 fully saturated rings. The Morgan fingerprint density at radius 2 is 0.562 bits per heavy atom. The van der Waals surface area contributed by atoms with Crippen LogP contribution in [0.25, 0.3) is 0 Å². The Hall–Kier alpha value is -3.93. The SMILES string of the molecule is CC/C=C\C/C=C\C/C=C\C/C=C\CCCCCCC(=O)OC[C@H](COC(=O)CCCCCCCCCCCCCCCCCCCCC)OC(=O)CC/C=C\C/C=C\C/C=C\C/C=C\C/C=C\CCCCC. The predicted molar refractivity (Wildman–Crippen MR) is 316 cm³/mol. The summed E-state index contributed by atoms with van der Waals surface area (Å²) >= 11 is 0. The Kier molecular flexibility index (Phi) is 57.4. The maximum absolute atomic E-state index is 12.9. The number of hydrogen-bond acceptors (Lipinski definition) is 6. The van der Waals surface area contributed by atoms with E-state index < -0.39 is 12.1 Å². The standard InChI is InChI=1S/C67H112O6/c1-4-7-10-13-16-19-22-25-28-31-33-36-39-42-45-48-51-54-57-60-66(69)72-63-64(62-71-65(68)59-56-53-50-47-44-41-38-35-30-27-24-21-18-15-12-9-6-3)73-67(70)61-58-55-52-49-46-43-40-37-34-32-29-26-23-20-17-14-11-8-5-2/h9,12,17-18,20-21,26-27,29-30,34,37-38,41,43,46,52,55,64H,4-8,10-11,13-16,19,22-25,28,31-33,35-36,39-40,42,44-45,47-51,53-54,56-63H2,1-3H3/b12-9-,20-17-,21-18-,29-26-,30-27-,37-34-,41-38-,46-43-,55-52-/t64-/m1/s1. The third-order valence-corrected chi connectivity index (χ3v) is 12.8. The second kappa shape index (κ2) is 60.6. The van der Waals surface area contributed by atoms with Crippen LogP contribution in [-0.2, 0) is 28.6 Å². The molecule has 0 N–H and O–H groups in total. The summed E-state index contributed by atoms with van der Waals surface area (Å²) in [5.74, 6) is -1.02. The maximum Gasteiger partial charge on any atom is 0.306 e. The van der Waals surface area contributed by atoms with Crippen molar-refractivity contribution in [1.29, 1.82) is 0 Å². The average Bonchev–Trinajstić information content (AvgIpc) is 3.39. The van der Waals surface area contributed by atoms with Crippen molar-refractivity contribution in [3.05, 3.63) is 109 Å². The van der Waals surface area contributed by atoms with Gasteiger partial charge in [0.25, 0.3) is 0 Å². The fourth-order valence-electron chi connectivity index (χ4n) is 8.24. The van der Waals surface area contributed by atoms with Gasteiger partial charge in [-0.15, -0.1) is 0 Å². The van der Waals surface area contributed by atoms with Crippen molar-refractivity contribution in [2.45, 2.75) is 284 Å². The normalized spacial score (nSPS) is 12.9. The molecule has 0 bridgehead atoms. The molecular formula is C67H112O6. The molecule has 0 rings (SSSR count). The lowest BCUT2D eigenvalue weighted by molar-refractivity contribution is -0.166. The first-order chi connectivity index (χ1) is 36.0. The lowest BCUT2D eigenvalue weighted by Crippen LogP contribution is -2.30. The van der Waals surface area contributed by atoms with Gasteiger partial charge in [0.1, 0.15) is 13.2 Å². The lowest BCUT2D eigenvalue weighted by Gasteiger charge is -2.18. The summed E-state index contributed by atoms with van der Waals surface area (Å²) in [7, 11) is 0. The summed E-state index contributed by atoms with van der Waals surface area (Å²) in [4.78, 5) is 38.2. The number of rotatable bonds is 54. The molecule has 0 aliphatic carbocycles. The fourth-order valence-corrected chi connectivity index (χ4v) is 8.24. The smallest absolute Gasteiger partial charge is 0.306 e. The molecule has 0 aromatic heterocycles. The number of hydrogen-bond donors (Lipinski definition) is 0. The van der Waals surface area contributed by atoms with Crippen molar-refractivity contribution in [3.8, 4) is 0 Å². The van der Waals surface area contributed by atoms with E-state index in [9.17, 15) is 14.4 Å². The van der Waals surface area contributed by atoms with Gasteiger partial charge in [0.05, 0.1) is 0 Å². The molecule has 0 spiro atoms. The van der Waals surface area contributed by atoms with Gasteiger partial charge in [-0.1, -0.05) is 271 Å². The van der Waals surface area contributed by atoms with Crippen LogP contribution in [0.1, 0.15) is 278 Å². The molecule has 416 valence electrons. The van der Waals surface area contributed by atoms with Gasteiger partial charge in [-0.2, -0.15) is 0 Å². The van der Waals surface area contributed by atoms with Crippen molar-refractivity contribution in [3.63, 3.8) is 0 Å². The predicted octanol–water partition coefficient (Wildman–Crippen LogP) is 20.7. The summed E-state index contributed by atoms with van der Waals surface area (Å²) in [5.41, 5.74) is 0. The maximum atomic E-state index is 12.9. The quantitative estimate of drug-likeness (QED) is 0.0261. The zero-order chi connectivity index (χ0) is 52.9. The Morgan fingerprint density at radius 3 is 0.918 bits per heavy atom. The topological polar surface area (TPSA) is 78.9 Å². The van der Waals surface area contributed by atoms with E-state index in [1.807, 2.05) is 6.08 Å². The molecule has 0 aromatic rings. The van der Waals surface area contributed by atoms with E-state index in [2.05, 4.69) is 124 Å². The Balaban J connectivity index is 4.52. The Labute approximate surface area is 450 Å². The highest BCUT2D eigenvalue weighted by Crippen LogP contribution is 2.16. The summed E-state index contributed by atoms with van der Waals surface area (Å²) in [5, 5.41) is 0. The Bertz CT molecular complexity index is 1490. The molecule has 0 aliphatic rings. The number of carbonyl (C=O) groups is 3. The van der Waals surface area contributed by atoms with E-state index >= 15 is 0 Å². The molecule has 0 heterocycles. The van der Waals surface area contributed by atoms with Crippen molar-refractivity contribution in [1.82, 2.24) is 0 Å². The van der Waals surface area contributed by atoms with Crippen molar-refractivity contribution >= 4 is 17.9 Å². The molecule has 0 unspecified atom stereocenters. The average molecular weight is 1010 g/mol. The number of carbonyl (C=O) groups excluding carboxylic acids is 3. The van der Waals surface area contributed by atoms with Gasteiger partial charge < -0.3 is 14.2 Å². The minimum Gasteiger partial charge on any atom is -0.462 e. The largest absolute Gasteiger partial charge is 0.462 e. The van der Waals surface area contributed by atoms with Crippen LogP contribution < -0.4 is 0 Å². The van der Waals surface area contributed by atoms with E-state index in [1.165, 1.54) is 128 Å². The van der Waals surface area contributed by atoms with Crippen LogP contribution in [0.4, 0.5) is 0 Å². The van der Waals surface area contributed by atoms with E-state index in [-0.39, 0.29) is 31.6 Å². The van der Waals surface area contributed by atoms with Gasteiger partial charge in [-0.25, -0.2) is 0 Å². The van der Waals surface area contributed by atoms with E-state index in [0.29, 0.717) is 19.3 Å². The number of unbranched alkanes of at least 4 members (excludes halogenated alkanes) is 25. The molecule has 6 heteroatoms. The van der Waals surface area contributed by atoms with Crippen LogP contribution in [0.15, 0.2) is 109 Å². The van der Waals surface area contributed by atoms with Crippen LogP contribution in [0.5, 0.6) is 0 Å². The molecule has 1 atom stereocenters. The Morgan fingerprint density at radius 1 is 0.288 bits per heavy atom. The minimum atomic E-state index is -0.829. The van der Waals surface area contributed by atoms with Gasteiger partial charge in [-0.3, -0.25) is 14.4 Å². The molecule has 6 nitrogen and oxygen atoms in total. The fraction of sp³-hybridized carbons (Fsp3) is 0.687. The molecule has 0 amide bonds. The summed E-state index contributed by atoms with van der Waals surface area (Å²) in [6, 6.07) is 0. The van der Waals surface area contributed by atoms with Crippen LogP contribution in [0.2, 0.25) is 0 Å². The number of esters is 3. The molecule has 73 heavy (non-hydrogen) atoms. The summed E-state index contributed by atoms with van der Waals surface area (Å²) < 4.78 is 16.8. The zero-order valence-corrected chi connectivity index (χ0v) is 47.6. The molecule has 0 saturated heterocycles. The third kappa shape index (κ3) is 58.8. The highest BCUT2D eigenvalue weighted by molar-refractivity contribution is 5.71. The zero-order valence-electron chi connectivity index (χ0n) is 47.6. The first kappa shape index (κ1) is 69.1. The van der Waals surface area contributed by atoms with Crippen molar-refractivity contribution < 1.29 is 28.6 Å². The summed E-state index contributed by atoms with van der Waals surface area (Å²) in [6.07, 6.45) is 82.4. The van der Waals surface area contributed by atoms with Gasteiger partial charge in [-0.05, 0) is 96.3 Å². The second-order valence-corrected chi connectivity index (χ2v) is 19.9. The molecule has 0 aliphatic heterocycles. The molecule has 0 radical (unpaired) electrons. The number of allylic oxidation sites excluding steroid dienone is 18. The van der Waals surface area contributed by atoms with Crippen LogP contribution in [0, 0.1) is 0 Å². The molecule has 0 aromatic carbocycles. The van der Waals surface area contributed by atoms with E-state index in [1.54, 1.807) is 0 Å². The van der Waals surface area contributed by atoms with Crippen molar-refractivity contribution in [2.75, 3.05) is 13.2 Å². The first-order valence-corrected chi connectivity index (χ1v) is 30.4. The van der Waals surface area contributed by atoms with Crippen LogP contribution in [-0.4, -0.2) is 37.2 Å². The monoisotopic (exact) mass is 1010 g/mol. The lowest BCUT2D eigenvalue weighted by atomic mass is 10.0. The molecular weight excluding hydrogens is 901 g/mol. The van der Waals surface area contributed by atoms with Gasteiger partial charge >= 0.3 is 17.9 Å². The van der Waals surface area contributed by atoms with E-state index in [0.717, 1.165) is 103 Å². The van der Waals surface area contributed by atoms with Gasteiger partial charge in [0.2, 0.25) is 0 Å². The van der Waals surface area contributed by atoms with Gasteiger partial charge in [0.15, 0.2) is 6.10 Å². The number of ether oxygens (including phenoxy) is 3. The van der Waals surface area contributed by atoms with Crippen LogP contribution in [0.3, 0.4) is 0 Å². The highest BCUT2D eigenvalue weighted by atomic mass is 16.6. The van der Waals surface area contributed by atoms with Crippen molar-refractivity contribution in [2.24, 2.45) is 0 Å².